The van der Waals surface area contributed by atoms with Gasteiger partial charge >= 0.3 is 0 Å². The molecule has 4 nitrogen and oxygen atoms in total. The van der Waals surface area contributed by atoms with Crippen molar-refractivity contribution in [3.63, 3.8) is 0 Å². The average molecular weight is 294 g/mol. The van der Waals surface area contributed by atoms with Gasteiger partial charge in [-0.3, -0.25) is 9.59 Å². The zero-order chi connectivity index (χ0) is 12.4. The summed E-state index contributed by atoms with van der Waals surface area (Å²) in [6, 6.07) is 1.53. The first kappa shape index (κ1) is 12.8. The molecule has 0 saturated carbocycles. The van der Waals surface area contributed by atoms with Gasteiger partial charge in [-0.15, -0.1) is 11.3 Å². The highest BCUT2D eigenvalue weighted by molar-refractivity contribution is 7.20. The van der Waals surface area contributed by atoms with Crippen LogP contribution in [-0.4, -0.2) is 42.9 Å². The van der Waals surface area contributed by atoms with Crippen LogP contribution in [0.5, 0.6) is 0 Å². The third-order valence-electron chi connectivity index (χ3n) is 2.38. The molecule has 0 radical (unpaired) electrons. The van der Waals surface area contributed by atoms with Gasteiger partial charge in [0.05, 0.1) is 23.1 Å². The summed E-state index contributed by atoms with van der Waals surface area (Å²) in [7, 11) is 0. The zero-order valence-corrected chi connectivity index (χ0v) is 11.1. The van der Waals surface area contributed by atoms with Crippen molar-refractivity contribution >= 4 is 46.2 Å². The van der Waals surface area contributed by atoms with Gasteiger partial charge in [-0.25, -0.2) is 0 Å². The highest BCUT2D eigenvalue weighted by Gasteiger charge is 2.23. The first-order valence-electron chi connectivity index (χ1n) is 4.91. The molecule has 1 amide bonds. The molecule has 1 fully saturated rings. The molecule has 1 aromatic rings. The first-order chi connectivity index (χ1) is 8.08. The number of carbonyl (C=O) groups is 2. The van der Waals surface area contributed by atoms with Gasteiger partial charge in [0.15, 0.2) is 5.78 Å². The minimum absolute atomic E-state index is 0.0228. The summed E-state index contributed by atoms with van der Waals surface area (Å²) in [4.78, 5) is 24.8. The van der Waals surface area contributed by atoms with Crippen LogP contribution in [0.15, 0.2) is 6.07 Å². The van der Waals surface area contributed by atoms with Gasteiger partial charge in [0.25, 0.3) is 0 Å². The number of Topliss-reactive ketones (excluding diaryl/α,β-unsaturated/α-hetero) is 1. The largest absolute Gasteiger partial charge is 0.370 e. The fraction of sp³-hybridized carbons (Fsp3) is 0.400. The van der Waals surface area contributed by atoms with E-state index in [9.17, 15) is 9.59 Å². The van der Waals surface area contributed by atoms with Crippen molar-refractivity contribution in [1.82, 2.24) is 4.90 Å². The summed E-state index contributed by atoms with van der Waals surface area (Å²) < 4.78 is 5.81. The van der Waals surface area contributed by atoms with E-state index < -0.39 is 0 Å². The summed E-state index contributed by atoms with van der Waals surface area (Å²) in [5.74, 6) is -0.379. The van der Waals surface area contributed by atoms with Gasteiger partial charge in [-0.1, -0.05) is 23.2 Å². The van der Waals surface area contributed by atoms with E-state index >= 15 is 0 Å². The maximum atomic E-state index is 11.9. The number of rotatable bonds is 3. The number of nitrogens with zero attached hydrogens (tertiary/aromatic N) is 1. The van der Waals surface area contributed by atoms with E-state index in [1.54, 1.807) is 0 Å². The Bertz CT molecular complexity index is 460. The molecule has 7 heteroatoms. The smallest absolute Gasteiger partial charge is 0.249 e. The fourth-order valence-corrected chi connectivity index (χ4v) is 3.01. The number of ether oxygens (including phenoxy) is 1. The second-order valence-electron chi connectivity index (χ2n) is 3.53. The molecule has 0 aromatic carbocycles. The number of hydrogen-bond acceptors (Lipinski definition) is 4. The number of ketones is 1. The maximum Gasteiger partial charge on any atom is 0.249 e. The monoisotopic (exact) mass is 293 g/mol. The lowest BCUT2D eigenvalue weighted by atomic mass is 10.2. The van der Waals surface area contributed by atoms with E-state index in [2.05, 4.69) is 0 Å². The van der Waals surface area contributed by atoms with Crippen LogP contribution in [0.4, 0.5) is 0 Å². The minimum Gasteiger partial charge on any atom is -0.370 e. The first-order valence-corrected chi connectivity index (χ1v) is 6.48. The molecule has 2 heterocycles. The number of halogens is 2. The van der Waals surface area contributed by atoms with Gasteiger partial charge in [0.1, 0.15) is 10.9 Å². The second-order valence-corrected chi connectivity index (χ2v) is 5.81. The number of amides is 1. The predicted molar refractivity (Wildman–Crippen MR) is 66.1 cm³/mol. The van der Waals surface area contributed by atoms with E-state index in [1.165, 1.54) is 11.0 Å². The number of hydrogen-bond donors (Lipinski definition) is 0. The third-order valence-corrected chi connectivity index (χ3v) is 3.86. The molecule has 0 aliphatic carbocycles. The molecule has 92 valence electrons. The summed E-state index contributed by atoms with van der Waals surface area (Å²) in [6.45, 7) is 0.942. The molecule has 1 aliphatic heterocycles. The molecule has 1 aromatic heterocycles. The lowest BCUT2D eigenvalue weighted by molar-refractivity contribution is -0.141. The molecule has 2 rings (SSSR count). The molecule has 1 saturated heterocycles. The van der Waals surface area contributed by atoms with Crippen LogP contribution in [0.3, 0.4) is 0 Å². The van der Waals surface area contributed by atoms with E-state index in [0.29, 0.717) is 27.4 Å². The van der Waals surface area contributed by atoms with Crippen molar-refractivity contribution in [2.24, 2.45) is 0 Å². The van der Waals surface area contributed by atoms with Gasteiger partial charge in [-0.05, 0) is 6.07 Å². The van der Waals surface area contributed by atoms with Gasteiger partial charge in [0, 0.05) is 6.54 Å². The van der Waals surface area contributed by atoms with Crippen LogP contribution in [0.2, 0.25) is 8.67 Å². The molecule has 0 spiro atoms. The lowest BCUT2D eigenvalue weighted by Crippen LogP contribution is -2.44. The molecular formula is C10H9Cl2NO3S. The Kier molecular flexibility index (Phi) is 4.04. The maximum absolute atomic E-state index is 11.9. The van der Waals surface area contributed by atoms with Gasteiger partial charge in [0.2, 0.25) is 5.91 Å². The highest BCUT2D eigenvalue weighted by atomic mass is 35.5. The topological polar surface area (TPSA) is 46.6 Å². The van der Waals surface area contributed by atoms with Crippen molar-refractivity contribution < 1.29 is 14.3 Å². The standard InChI is InChI=1S/C10H9Cl2NO3S/c11-8-3-6(10(12)17-8)7(14)4-13-1-2-16-5-9(13)15/h3H,1-2,4-5H2. The van der Waals surface area contributed by atoms with E-state index in [1.807, 2.05) is 0 Å². The third kappa shape index (κ3) is 2.98. The van der Waals surface area contributed by atoms with Crippen molar-refractivity contribution in [1.29, 1.82) is 0 Å². The van der Waals surface area contributed by atoms with E-state index in [4.69, 9.17) is 27.9 Å². The summed E-state index contributed by atoms with van der Waals surface area (Å²) in [5.41, 5.74) is 0.376. The lowest BCUT2D eigenvalue weighted by Gasteiger charge is -2.25. The molecule has 1 aliphatic rings. The van der Waals surface area contributed by atoms with Gasteiger partial charge in [-0.2, -0.15) is 0 Å². The van der Waals surface area contributed by atoms with E-state index in [-0.39, 0.29) is 24.8 Å². The number of morpholine rings is 1. The number of thiophene rings is 1. The van der Waals surface area contributed by atoms with Crippen molar-refractivity contribution in [2.75, 3.05) is 26.3 Å². The zero-order valence-electron chi connectivity index (χ0n) is 8.74. The van der Waals surface area contributed by atoms with Crippen LogP contribution >= 0.6 is 34.5 Å². The SMILES string of the molecule is O=C(CN1CCOCC1=O)c1cc(Cl)sc1Cl. The van der Waals surface area contributed by atoms with Crippen molar-refractivity contribution in [2.45, 2.75) is 0 Å². The van der Waals surface area contributed by atoms with Crippen LogP contribution in [0, 0.1) is 0 Å². The molecule has 0 N–H and O–H groups in total. The Morgan fingerprint density at radius 2 is 2.29 bits per heavy atom. The van der Waals surface area contributed by atoms with Crippen molar-refractivity contribution in [3.05, 3.63) is 20.3 Å². The number of carbonyl (C=O) groups excluding carboxylic acids is 2. The van der Waals surface area contributed by atoms with Gasteiger partial charge < -0.3 is 9.64 Å². The second kappa shape index (κ2) is 5.35. The summed E-state index contributed by atoms with van der Waals surface area (Å²) in [5, 5.41) is 0. The minimum atomic E-state index is -0.201. The molecule has 0 unspecified atom stereocenters. The molecule has 17 heavy (non-hydrogen) atoms. The average Bonchev–Trinajstić information content (AvgIpc) is 2.61. The Morgan fingerprint density at radius 1 is 1.53 bits per heavy atom. The fourth-order valence-electron chi connectivity index (χ4n) is 1.51. The Labute approximate surface area is 112 Å². The predicted octanol–water partition coefficient (Wildman–Crippen LogP) is 2.10. The van der Waals surface area contributed by atoms with E-state index in [0.717, 1.165) is 11.3 Å². The Balaban J connectivity index is 2.06. The summed E-state index contributed by atoms with van der Waals surface area (Å²) in [6.07, 6.45) is 0. The quantitative estimate of drug-likeness (QED) is 0.802. The Morgan fingerprint density at radius 3 is 2.88 bits per heavy atom. The molecule has 0 atom stereocenters. The molecule has 0 bridgehead atoms. The van der Waals surface area contributed by atoms with Crippen LogP contribution < -0.4 is 0 Å². The highest BCUT2D eigenvalue weighted by Crippen LogP contribution is 2.31. The van der Waals surface area contributed by atoms with Crippen molar-refractivity contribution in [3.8, 4) is 0 Å². The van der Waals surface area contributed by atoms with Crippen LogP contribution in [0.1, 0.15) is 10.4 Å². The van der Waals surface area contributed by atoms with Crippen LogP contribution in [0.25, 0.3) is 0 Å². The normalized spacial score (nSPS) is 16.4. The summed E-state index contributed by atoms with van der Waals surface area (Å²) >= 11 is 12.8. The van der Waals surface area contributed by atoms with Crippen LogP contribution in [-0.2, 0) is 9.53 Å². The molecular weight excluding hydrogens is 285 g/mol. The Hall–Kier alpha value is -0.620.